The van der Waals surface area contributed by atoms with Crippen molar-refractivity contribution in [1.29, 1.82) is 0 Å². The van der Waals surface area contributed by atoms with Crippen LogP contribution in [0.4, 0.5) is 18.0 Å². The summed E-state index contributed by atoms with van der Waals surface area (Å²) in [5, 5.41) is 0. The van der Waals surface area contributed by atoms with E-state index in [0.29, 0.717) is 0 Å². The van der Waals surface area contributed by atoms with Crippen molar-refractivity contribution in [1.82, 2.24) is 9.44 Å². The van der Waals surface area contributed by atoms with Crippen LogP contribution in [0, 0.1) is 12.7 Å². The van der Waals surface area contributed by atoms with E-state index >= 15 is 0 Å². The Kier molecular flexibility index (Phi) is 4.81. The Hall–Kier alpha value is -1.81. The van der Waals surface area contributed by atoms with Crippen LogP contribution < -0.4 is 9.44 Å². The lowest BCUT2D eigenvalue weighted by atomic mass is 10.0. The zero-order valence-corrected chi connectivity index (χ0v) is 14.9. The van der Waals surface area contributed by atoms with Gasteiger partial charge in [-0.25, -0.2) is 22.7 Å². The van der Waals surface area contributed by atoms with Crippen LogP contribution in [0.5, 0.6) is 0 Å². The molecule has 25 heavy (non-hydrogen) atoms. The van der Waals surface area contributed by atoms with Gasteiger partial charge in [-0.1, -0.05) is 0 Å². The van der Waals surface area contributed by atoms with E-state index in [-0.39, 0.29) is 16.7 Å². The Labute approximate surface area is 143 Å². The Morgan fingerprint density at radius 2 is 1.92 bits per heavy atom. The molecule has 1 amide bonds. The van der Waals surface area contributed by atoms with Crippen LogP contribution >= 0.6 is 0 Å². The van der Waals surface area contributed by atoms with Crippen molar-refractivity contribution in [2.45, 2.75) is 51.7 Å². The van der Waals surface area contributed by atoms with E-state index in [9.17, 15) is 26.4 Å². The summed E-state index contributed by atoms with van der Waals surface area (Å²) in [6.07, 6.45) is -2.10. The number of rotatable bonds is 3. The predicted molar refractivity (Wildman–Crippen MR) is 84.0 cm³/mol. The Morgan fingerprint density at radius 1 is 1.32 bits per heavy atom. The van der Waals surface area contributed by atoms with E-state index in [4.69, 9.17) is 4.74 Å². The normalized spacial score (nSPS) is 19.4. The number of carbonyl (C=O) groups is 1. The van der Waals surface area contributed by atoms with Gasteiger partial charge in [0, 0.05) is 6.42 Å². The van der Waals surface area contributed by atoms with Crippen molar-refractivity contribution in [2.75, 3.05) is 0 Å². The number of benzene rings is 1. The number of hydrogen-bond donors (Lipinski definition) is 2. The summed E-state index contributed by atoms with van der Waals surface area (Å²) in [5.41, 5.74) is -0.747. The monoisotopic (exact) mass is 380 g/mol. The highest BCUT2D eigenvalue weighted by molar-refractivity contribution is 7.88. The zero-order valence-electron chi connectivity index (χ0n) is 14.1. The second-order valence-electron chi connectivity index (χ2n) is 6.89. The molecule has 2 N–H and O–H groups in total. The van der Waals surface area contributed by atoms with Crippen molar-refractivity contribution in [3.8, 4) is 0 Å². The summed E-state index contributed by atoms with van der Waals surface area (Å²) >= 11 is 0. The molecule has 0 saturated heterocycles. The first-order valence-corrected chi connectivity index (χ1v) is 8.88. The number of carbonyl (C=O) groups excluding carboxylic acids is 1. The minimum Gasteiger partial charge on any atom is -0.443 e. The van der Waals surface area contributed by atoms with E-state index in [1.54, 1.807) is 4.72 Å². The van der Waals surface area contributed by atoms with Gasteiger partial charge in [-0.05, 0) is 56.5 Å². The van der Waals surface area contributed by atoms with Gasteiger partial charge in [0.2, 0.25) is 0 Å². The third-order valence-electron chi connectivity index (χ3n) is 3.46. The molecule has 140 valence electrons. The van der Waals surface area contributed by atoms with Crippen molar-refractivity contribution >= 4 is 16.3 Å². The highest BCUT2D eigenvalue weighted by Crippen LogP contribution is 2.45. The van der Waals surface area contributed by atoms with Gasteiger partial charge in [0.25, 0.3) is 5.92 Å². The maximum absolute atomic E-state index is 14.3. The molecule has 0 spiro atoms. The lowest BCUT2D eigenvalue weighted by Gasteiger charge is -2.23. The molecule has 0 fully saturated rings. The molecule has 1 aliphatic carbocycles. The third kappa shape index (κ3) is 4.63. The van der Waals surface area contributed by atoms with Gasteiger partial charge in [0.1, 0.15) is 17.5 Å². The Balaban J connectivity index is 2.26. The summed E-state index contributed by atoms with van der Waals surface area (Å²) < 4.78 is 74.1. The first-order valence-electron chi connectivity index (χ1n) is 7.40. The fourth-order valence-electron chi connectivity index (χ4n) is 2.69. The number of ether oxygens (including phenoxy) is 1. The number of nitrogens with one attached hydrogen (secondary N) is 2. The molecule has 1 aromatic rings. The lowest BCUT2D eigenvalue weighted by Crippen LogP contribution is -2.47. The minimum absolute atomic E-state index is 0.000892. The van der Waals surface area contributed by atoms with Crippen LogP contribution in [-0.4, -0.2) is 26.0 Å². The summed E-state index contributed by atoms with van der Waals surface area (Å²) in [5.74, 6) is -4.15. The number of aryl methyl sites for hydroxylation is 1. The van der Waals surface area contributed by atoms with E-state index in [1.165, 1.54) is 32.4 Å². The van der Waals surface area contributed by atoms with Crippen molar-refractivity contribution in [3.63, 3.8) is 0 Å². The molecule has 1 aliphatic rings. The molecule has 2 rings (SSSR count). The maximum atomic E-state index is 14.3. The van der Waals surface area contributed by atoms with Gasteiger partial charge in [0.05, 0.1) is 0 Å². The molecule has 6 nitrogen and oxygen atoms in total. The summed E-state index contributed by atoms with van der Waals surface area (Å²) in [4.78, 5) is 11.6. The number of amides is 1. The van der Waals surface area contributed by atoms with Crippen molar-refractivity contribution < 1.29 is 31.1 Å². The third-order valence-corrected chi connectivity index (χ3v) is 4.45. The summed E-state index contributed by atoms with van der Waals surface area (Å²) in [6, 6.07) is 0.0809. The second-order valence-corrected chi connectivity index (χ2v) is 8.34. The molecule has 0 aromatic heterocycles. The number of hydrogen-bond acceptors (Lipinski definition) is 4. The van der Waals surface area contributed by atoms with E-state index < -0.39 is 46.1 Å². The smallest absolute Gasteiger partial charge is 0.422 e. The van der Waals surface area contributed by atoms with Crippen LogP contribution in [0.15, 0.2) is 12.1 Å². The summed E-state index contributed by atoms with van der Waals surface area (Å²) in [6.45, 7) is 5.97. The van der Waals surface area contributed by atoms with Crippen LogP contribution in [0.3, 0.4) is 0 Å². The van der Waals surface area contributed by atoms with Crippen LogP contribution in [0.25, 0.3) is 0 Å². The molecule has 1 atom stereocenters. The predicted octanol–water partition coefficient (Wildman–Crippen LogP) is 2.73. The zero-order chi connectivity index (χ0) is 19.2. The molecular weight excluding hydrogens is 361 g/mol. The standard InChI is InChI=1S/C15H19F3N2O4S/c1-8-5-10(16)6-9-7-15(17,18)12(11(8)9)19-25(22,23)20-13(21)24-14(2,3)4/h5-6,12,19H,7H2,1-4H3,(H,20,21). The SMILES string of the molecule is Cc1cc(F)cc2c1C(NS(=O)(=O)NC(=O)OC(C)(C)C)C(F)(F)C2. The van der Waals surface area contributed by atoms with Gasteiger partial charge in [0.15, 0.2) is 0 Å². The van der Waals surface area contributed by atoms with Crippen LogP contribution in [0.2, 0.25) is 0 Å². The molecule has 0 saturated carbocycles. The quantitative estimate of drug-likeness (QED) is 0.845. The highest BCUT2D eigenvalue weighted by atomic mass is 32.2. The van der Waals surface area contributed by atoms with E-state index in [2.05, 4.69) is 0 Å². The number of fused-ring (bicyclic) bond motifs is 1. The van der Waals surface area contributed by atoms with Gasteiger partial charge in [-0.15, -0.1) is 0 Å². The van der Waals surface area contributed by atoms with Crippen molar-refractivity contribution in [2.24, 2.45) is 0 Å². The van der Waals surface area contributed by atoms with Crippen LogP contribution in [0.1, 0.15) is 43.5 Å². The molecule has 1 unspecified atom stereocenters. The van der Waals surface area contributed by atoms with Gasteiger partial charge in [-0.2, -0.15) is 13.1 Å². The molecule has 10 heteroatoms. The Morgan fingerprint density at radius 3 is 2.48 bits per heavy atom. The molecular formula is C15H19F3N2O4S. The maximum Gasteiger partial charge on any atom is 0.422 e. The topological polar surface area (TPSA) is 84.5 Å². The first-order chi connectivity index (χ1) is 11.2. The highest BCUT2D eigenvalue weighted by Gasteiger charge is 2.50. The van der Waals surface area contributed by atoms with Gasteiger partial charge < -0.3 is 4.74 Å². The molecule has 0 radical (unpaired) electrons. The van der Waals surface area contributed by atoms with Crippen LogP contribution in [-0.2, 0) is 21.4 Å². The average Bonchev–Trinajstić information content (AvgIpc) is 2.55. The largest absolute Gasteiger partial charge is 0.443 e. The average molecular weight is 380 g/mol. The van der Waals surface area contributed by atoms with Gasteiger partial charge in [-0.3, -0.25) is 0 Å². The van der Waals surface area contributed by atoms with Gasteiger partial charge >= 0.3 is 16.3 Å². The van der Waals surface area contributed by atoms with Crippen molar-refractivity contribution in [3.05, 3.63) is 34.6 Å². The minimum atomic E-state index is -4.63. The second kappa shape index (κ2) is 6.17. The molecule has 0 heterocycles. The number of alkyl halides is 2. The first kappa shape index (κ1) is 19.5. The number of halogens is 3. The Bertz CT molecular complexity index is 804. The van der Waals surface area contributed by atoms with E-state index in [1.807, 2.05) is 0 Å². The fraction of sp³-hybridized carbons (Fsp3) is 0.533. The molecule has 1 aromatic carbocycles. The van der Waals surface area contributed by atoms with E-state index in [0.717, 1.165) is 12.1 Å². The fourth-order valence-corrected chi connectivity index (χ4v) is 3.61. The molecule has 0 aliphatic heterocycles. The lowest BCUT2D eigenvalue weighted by molar-refractivity contribution is -0.0190. The molecule has 0 bridgehead atoms. The summed E-state index contributed by atoms with van der Waals surface area (Å²) in [7, 11) is -4.63.